The Labute approximate surface area is 111 Å². The van der Waals surface area contributed by atoms with E-state index in [-0.39, 0.29) is 11.8 Å². The molecule has 18 heavy (non-hydrogen) atoms. The first-order chi connectivity index (χ1) is 8.63. The molecule has 0 radical (unpaired) electrons. The highest BCUT2D eigenvalue weighted by atomic mass is 32.2. The number of aliphatic carboxylic acids is 1. The Morgan fingerprint density at radius 3 is 2.56 bits per heavy atom. The first-order valence-corrected chi connectivity index (χ1v) is 6.93. The number of thioether (sulfide) groups is 1. The molecule has 0 aromatic heterocycles. The summed E-state index contributed by atoms with van der Waals surface area (Å²) in [6.07, 6.45) is 3.04. The monoisotopic (exact) mass is 261 g/mol. The molecule has 4 heteroatoms. The minimum absolute atomic E-state index is 0.0727. The number of rotatable bonds is 6. The predicted molar refractivity (Wildman–Crippen MR) is 70.4 cm³/mol. The number of carboxylic acids is 1. The van der Waals surface area contributed by atoms with Crippen molar-refractivity contribution in [2.24, 2.45) is 5.41 Å². The van der Waals surface area contributed by atoms with Crippen molar-refractivity contribution in [2.45, 2.75) is 30.6 Å². The van der Waals surface area contributed by atoms with Gasteiger partial charge < -0.3 is 5.11 Å². The zero-order valence-corrected chi connectivity index (χ0v) is 10.9. The van der Waals surface area contributed by atoms with Gasteiger partial charge in [-0.25, -0.2) is 0 Å². The zero-order chi connectivity index (χ0) is 13.0. The summed E-state index contributed by atoms with van der Waals surface area (Å²) in [6, 6.07) is 9.91. The van der Waals surface area contributed by atoms with Gasteiger partial charge >= 0.3 is 5.97 Å². The minimum atomic E-state index is -0.804. The number of nitrogens with zero attached hydrogens (tertiary/aromatic N) is 1. The van der Waals surface area contributed by atoms with Crippen LogP contribution < -0.4 is 0 Å². The quantitative estimate of drug-likeness (QED) is 0.799. The zero-order valence-electron chi connectivity index (χ0n) is 10.1. The Kier molecular flexibility index (Phi) is 3.93. The van der Waals surface area contributed by atoms with Crippen LogP contribution in [0, 0.1) is 16.7 Å². The van der Waals surface area contributed by atoms with E-state index in [0.717, 1.165) is 29.1 Å². The van der Waals surface area contributed by atoms with Gasteiger partial charge in [-0.1, -0.05) is 12.1 Å². The lowest BCUT2D eigenvalue weighted by molar-refractivity contribution is -0.136. The fourth-order valence-electron chi connectivity index (χ4n) is 1.83. The summed E-state index contributed by atoms with van der Waals surface area (Å²) in [7, 11) is 0. The number of carboxylic acid groups (broad SMARTS) is 1. The standard InChI is InChI=1S/C14H15NO2S/c15-8-7-14(5-6-14)10-18-12-3-1-11(2-4-12)9-13(16)17/h1-4H,5-7,9-10H2,(H,16,17). The maximum Gasteiger partial charge on any atom is 0.307 e. The van der Waals surface area contributed by atoms with E-state index in [1.807, 2.05) is 24.3 Å². The van der Waals surface area contributed by atoms with Crippen LogP contribution in [0.4, 0.5) is 0 Å². The Morgan fingerprint density at radius 1 is 1.39 bits per heavy atom. The molecule has 0 aliphatic heterocycles. The number of carbonyl (C=O) groups is 1. The molecular weight excluding hydrogens is 246 g/mol. The molecule has 0 spiro atoms. The summed E-state index contributed by atoms with van der Waals surface area (Å²) in [6.45, 7) is 0. The maximum atomic E-state index is 10.6. The number of benzene rings is 1. The summed E-state index contributed by atoms with van der Waals surface area (Å²) in [5, 5.41) is 17.4. The molecule has 1 aromatic rings. The summed E-state index contributed by atoms with van der Waals surface area (Å²) in [5.74, 6) is 0.181. The van der Waals surface area contributed by atoms with Crippen LogP contribution in [-0.4, -0.2) is 16.8 Å². The molecule has 0 bridgehead atoms. The van der Waals surface area contributed by atoms with Crippen LogP contribution in [0.1, 0.15) is 24.8 Å². The molecule has 0 heterocycles. The SMILES string of the molecule is N#CCC1(CSc2ccc(CC(=O)O)cc2)CC1. The van der Waals surface area contributed by atoms with Gasteiger partial charge in [0.1, 0.15) is 0 Å². The lowest BCUT2D eigenvalue weighted by atomic mass is 10.1. The van der Waals surface area contributed by atoms with E-state index in [0.29, 0.717) is 6.42 Å². The maximum absolute atomic E-state index is 10.6. The van der Waals surface area contributed by atoms with Crippen LogP contribution in [0.2, 0.25) is 0 Å². The third kappa shape index (κ3) is 3.51. The first kappa shape index (κ1) is 13.0. The van der Waals surface area contributed by atoms with Crippen molar-refractivity contribution >= 4 is 17.7 Å². The Morgan fingerprint density at radius 2 is 2.06 bits per heavy atom. The highest BCUT2D eigenvalue weighted by Gasteiger charge is 2.42. The first-order valence-electron chi connectivity index (χ1n) is 5.94. The second kappa shape index (κ2) is 5.45. The molecule has 1 saturated carbocycles. The second-order valence-electron chi connectivity index (χ2n) is 4.84. The average Bonchev–Trinajstić information content (AvgIpc) is 3.09. The van der Waals surface area contributed by atoms with Gasteiger partial charge in [0.15, 0.2) is 0 Å². The van der Waals surface area contributed by atoms with E-state index in [1.165, 1.54) is 0 Å². The fourth-order valence-corrected chi connectivity index (χ4v) is 3.02. The van der Waals surface area contributed by atoms with E-state index >= 15 is 0 Å². The van der Waals surface area contributed by atoms with Gasteiger partial charge in [-0.3, -0.25) is 4.79 Å². The second-order valence-corrected chi connectivity index (χ2v) is 5.89. The van der Waals surface area contributed by atoms with E-state index in [9.17, 15) is 4.79 Å². The highest BCUT2D eigenvalue weighted by Crippen LogP contribution is 2.51. The molecule has 0 amide bonds. The lowest BCUT2D eigenvalue weighted by Gasteiger charge is -2.10. The van der Waals surface area contributed by atoms with Crippen LogP contribution >= 0.6 is 11.8 Å². The normalized spacial score (nSPS) is 15.9. The summed E-state index contributed by atoms with van der Waals surface area (Å²) in [5.41, 5.74) is 1.07. The van der Waals surface area contributed by atoms with Crippen molar-refractivity contribution in [1.82, 2.24) is 0 Å². The van der Waals surface area contributed by atoms with Gasteiger partial charge in [-0.15, -0.1) is 11.8 Å². The van der Waals surface area contributed by atoms with Crippen LogP contribution in [0.3, 0.4) is 0 Å². The minimum Gasteiger partial charge on any atom is -0.481 e. The van der Waals surface area contributed by atoms with Crippen molar-refractivity contribution in [3.8, 4) is 6.07 Å². The molecule has 2 rings (SSSR count). The summed E-state index contributed by atoms with van der Waals surface area (Å²) in [4.78, 5) is 11.7. The smallest absolute Gasteiger partial charge is 0.307 e. The molecular formula is C14H15NO2S. The molecule has 1 N–H and O–H groups in total. The fraction of sp³-hybridized carbons (Fsp3) is 0.429. The van der Waals surface area contributed by atoms with Gasteiger partial charge in [0.05, 0.1) is 12.5 Å². The Hall–Kier alpha value is -1.47. The molecule has 1 fully saturated rings. The van der Waals surface area contributed by atoms with Crippen molar-refractivity contribution in [3.05, 3.63) is 29.8 Å². The number of nitriles is 1. The van der Waals surface area contributed by atoms with Crippen molar-refractivity contribution < 1.29 is 9.90 Å². The van der Waals surface area contributed by atoms with Crippen LogP contribution in [0.25, 0.3) is 0 Å². The molecule has 1 aromatic carbocycles. The van der Waals surface area contributed by atoms with Gasteiger partial charge in [0.25, 0.3) is 0 Å². The number of hydrogen-bond donors (Lipinski definition) is 1. The van der Waals surface area contributed by atoms with Crippen LogP contribution in [0.15, 0.2) is 29.2 Å². The average molecular weight is 261 g/mol. The lowest BCUT2D eigenvalue weighted by Crippen LogP contribution is -2.02. The summed E-state index contributed by atoms with van der Waals surface area (Å²) < 4.78 is 0. The van der Waals surface area contributed by atoms with Crippen molar-refractivity contribution in [3.63, 3.8) is 0 Å². The highest BCUT2D eigenvalue weighted by molar-refractivity contribution is 7.99. The molecule has 1 aliphatic carbocycles. The van der Waals surface area contributed by atoms with E-state index in [4.69, 9.17) is 10.4 Å². The van der Waals surface area contributed by atoms with Crippen molar-refractivity contribution in [2.75, 3.05) is 5.75 Å². The van der Waals surface area contributed by atoms with Gasteiger partial charge in [0.2, 0.25) is 0 Å². The molecule has 0 atom stereocenters. The van der Waals surface area contributed by atoms with Gasteiger partial charge in [0, 0.05) is 17.1 Å². The molecule has 1 aliphatic rings. The molecule has 0 unspecified atom stereocenters. The predicted octanol–water partition coefficient (Wildman–Crippen LogP) is 3.10. The van der Waals surface area contributed by atoms with Gasteiger partial charge in [-0.2, -0.15) is 5.26 Å². The molecule has 3 nitrogen and oxygen atoms in total. The number of hydrogen-bond acceptors (Lipinski definition) is 3. The van der Waals surface area contributed by atoms with E-state index < -0.39 is 5.97 Å². The van der Waals surface area contributed by atoms with Crippen LogP contribution in [0.5, 0.6) is 0 Å². The summed E-state index contributed by atoms with van der Waals surface area (Å²) >= 11 is 1.76. The third-order valence-corrected chi connectivity index (χ3v) is 4.60. The topological polar surface area (TPSA) is 61.1 Å². The van der Waals surface area contributed by atoms with E-state index in [1.54, 1.807) is 11.8 Å². The van der Waals surface area contributed by atoms with Crippen molar-refractivity contribution in [1.29, 1.82) is 5.26 Å². The van der Waals surface area contributed by atoms with E-state index in [2.05, 4.69) is 6.07 Å². The Balaban J connectivity index is 1.87. The third-order valence-electron chi connectivity index (χ3n) is 3.23. The Bertz CT molecular complexity index is 472. The largest absolute Gasteiger partial charge is 0.481 e. The molecule has 0 saturated heterocycles. The van der Waals surface area contributed by atoms with Crippen LogP contribution in [-0.2, 0) is 11.2 Å². The van der Waals surface area contributed by atoms with Gasteiger partial charge in [-0.05, 0) is 36.0 Å². The molecule has 94 valence electrons.